The summed E-state index contributed by atoms with van der Waals surface area (Å²) < 4.78 is 13.1. The van der Waals surface area contributed by atoms with Crippen LogP contribution in [0.4, 0.5) is 4.39 Å². The summed E-state index contributed by atoms with van der Waals surface area (Å²) in [7, 11) is 0. The van der Waals surface area contributed by atoms with Crippen LogP contribution in [0.5, 0.6) is 0 Å². The Hall–Kier alpha value is -2.34. The standard InChI is InChI=1S/C24H31FN2O2S/c1-17-8-6-7-9-20(17)14-27(18(2)23(29)26-24(3,4)5)22(28)16-30-15-19-10-12-21(25)13-11-19/h6-13,18H,14-16H2,1-5H3,(H,26,29)/t18-/m0/s1. The highest BCUT2D eigenvalue weighted by atomic mass is 32.2. The normalized spacial score (nSPS) is 12.3. The maximum atomic E-state index is 13.1. The van der Waals surface area contributed by atoms with Crippen molar-refractivity contribution in [2.45, 2.75) is 58.5 Å². The summed E-state index contributed by atoms with van der Waals surface area (Å²) in [4.78, 5) is 27.5. The van der Waals surface area contributed by atoms with Crippen molar-refractivity contribution in [1.82, 2.24) is 10.2 Å². The summed E-state index contributed by atoms with van der Waals surface area (Å²) in [6.45, 7) is 9.90. The van der Waals surface area contributed by atoms with Gasteiger partial charge in [0.1, 0.15) is 11.9 Å². The van der Waals surface area contributed by atoms with Crippen LogP contribution in [-0.2, 0) is 21.9 Å². The van der Waals surface area contributed by atoms with Crippen molar-refractivity contribution in [3.63, 3.8) is 0 Å². The Balaban J connectivity index is 2.10. The summed E-state index contributed by atoms with van der Waals surface area (Å²) >= 11 is 1.46. The second-order valence-electron chi connectivity index (χ2n) is 8.48. The smallest absolute Gasteiger partial charge is 0.242 e. The van der Waals surface area contributed by atoms with Crippen LogP contribution in [-0.4, -0.2) is 34.0 Å². The van der Waals surface area contributed by atoms with E-state index in [1.54, 1.807) is 24.0 Å². The van der Waals surface area contributed by atoms with Gasteiger partial charge >= 0.3 is 0 Å². The molecule has 0 aliphatic rings. The van der Waals surface area contributed by atoms with Gasteiger partial charge in [0.05, 0.1) is 5.75 Å². The molecular weight excluding hydrogens is 399 g/mol. The number of benzene rings is 2. The van der Waals surface area contributed by atoms with Crippen molar-refractivity contribution in [2.75, 3.05) is 5.75 Å². The van der Waals surface area contributed by atoms with E-state index in [1.165, 1.54) is 23.9 Å². The molecule has 0 bridgehead atoms. The van der Waals surface area contributed by atoms with Gasteiger partial charge < -0.3 is 10.2 Å². The van der Waals surface area contributed by atoms with Gasteiger partial charge in [-0.05, 0) is 63.4 Å². The van der Waals surface area contributed by atoms with Crippen molar-refractivity contribution >= 4 is 23.6 Å². The molecule has 4 nitrogen and oxygen atoms in total. The summed E-state index contributed by atoms with van der Waals surface area (Å²) in [5.74, 6) is 0.307. The Bertz CT molecular complexity index is 862. The molecule has 2 rings (SSSR count). The number of rotatable bonds is 8. The Morgan fingerprint density at radius 3 is 2.33 bits per heavy atom. The second-order valence-corrected chi connectivity index (χ2v) is 9.47. The quantitative estimate of drug-likeness (QED) is 0.660. The monoisotopic (exact) mass is 430 g/mol. The molecule has 6 heteroatoms. The lowest BCUT2D eigenvalue weighted by molar-refractivity contribution is -0.139. The minimum atomic E-state index is -0.595. The van der Waals surface area contributed by atoms with Gasteiger partial charge in [-0.1, -0.05) is 36.4 Å². The van der Waals surface area contributed by atoms with Gasteiger partial charge in [-0.3, -0.25) is 9.59 Å². The van der Waals surface area contributed by atoms with Crippen LogP contribution in [0.3, 0.4) is 0 Å². The fraction of sp³-hybridized carbons (Fsp3) is 0.417. The van der Waals surface area contributed by atoms with Crippen molar-refractivity contribution in [2.24, 2.45) is 0 Å². The van der Waals surface area contributed by atoms with Crippen LogP contribution < -0.4 is 5.32 Å². The van der Waals surface area contributed by atoms with E-state index in [2.05, 4.69) is 5.32 Å². The zero-order valence-electron chi connectivity index (χ0n) is 18.4. The minimum absolute atomic E-state index is 0.0954. The molecular formula is C24H31FN2O2S. The summed E-state index contributed by atoms with van der Waals surface area (Å²) in [6.07, 6.45) is 0. The predicted molar refractivity (Wildman–Crippen MR) is 122 cm³/mol. The molecule has 0 aliphatic carbocycles. The first-order valence-electron chi connectivity index (χ1n) is 10.0. The number of carbonyl (C=O) groups excluding carboxylic acids is 2. The van der Waals surface area contributed by atoms with Crippen LogP contribution in [0.1, 0.15) is 44.4 Å². The molecule has 0 saturated heterocycles. The van der Waals surface area contributed by atoms with Gasteiger partial charge in [0.25, 0.3) is 0 Å². The highest BCUT2D eigenvalue weighted by Crippen LogP contribution is 2.18. The molecule has 0 heterocycles. The number of aryl methyl sites for hydroxylation is 1. The number of halogens is 1. The Labute approximate surface area is 183 Å². The van der Waals surface area contributed by atoms with Crippen molar-refractivity contribution in [1.29, 1.82) is 0 Å². The van der Waals surface area contributed by atoms with Crippen LogP contribution in [0, 0.1) is 12.7 Å². The van der Waals surface area contributed by atoms with Gasteiger partial charge in [-0.2, -0.15) is 0 Å². The number of amides is 2. The first kappa shape index (κ1) is 23.9. The Kier molecular flexibility index (Phi) is 8.47. The van der Waals surface area contributed by atoms with Crippen molar-refractivity contribution in [3.05, 3.63) is 71.0 Å². The first-order valence-corrected chi connectivity index (χ1v) is 11.2. The average Bonchev–Trinajstić information content (AvgIpc) is 2.67. The molecule has 0 aromatic heterocycles. The van der Waals surface area contributed by atoms with E-state index >= 15 is 0 Å². The number of hydrogen-bond acceptors (Lipinski definition) is 3. The first-order chi connectivity index (χ1) is 14.1. The largest absolute Gasteiger partial charge is 0.350 e. The predicted octanol–water partition coefficient (Wildman–Crippen LogP) is 4.70. The zero-order valence-corrected chi connectivity index (χ0v) is 19.2. The molecule has 1 N–H and O–H groups in total. The molecule has 0 fully saturated rings. The van der Waals surface area contributed by atoms with Crippen LogP contribution in [0.2, 0.25) is 0 Å². The van der Waals surface area contributed by atoms with Gasteiger partial charge in [-0.25, -0.2) is 4.39 Å². The lowest BCUT2D eigenvalue weighted by atomic mass is 10.1. The van der Waals surface area contributed by atoms with E-state index in [9.17, 15) is 14.0 Å². The molecule has 2 aromatic rings. The minimum Gasteiger partial charge on any atom is -0.350 e. The fourth-order valence-electron chi connectivity index (χ4n) is 2.95. The lowest BCUT2D eigenvalue weighted by Crippen LogP contribution is -2.52. The van der Waals surface area contributed by atoms with Crippen LogP contribution >= 0.6 is 11.8 Å². The van der Waals surface area contributed by atoms with E-state index in [-0.39, 0.29) is 28.9 Å². The maximum absolute atomic E-state index is 13.1. The third-order valence-corrected chi connectivity index (χ3v) is 5.66. The summed E-state index contributed by atoms with van der Waals surface area (Å²) in [6, 6.07) is 13.6. The second kappa shape index (κ2) is 10.6. The summed E-state index contributed by atoms with van der Waals surface area (Å²) in [5.41, 5.74) is 2.68. The Morgan fingerprint density at radius 1 is 1.10 bits per heavy atom. The van der Waals surface area contributed by atoms with E-state index in [0.717, 1.165) is 16.7 Å². The SMILES string of the molecule is Cc1ccccc1CN(C(=O)CSCc1ccc(F)cc1)[C@@H](C)C(=O)NC(C)(C)C. The summed E-state index contributed by atoms with van der Waals surface area (Å²) in [5, 5.41) is 2.97. The fourth-order valence-corrected chi connectivity index (χ4v) is 3.82. The zero-order chi connectivity index (χ0) is 22.3. The maximum Gasteiger partial charge on any atom is 0.242 e. The highest BCUT2D eigenvalue weighted by Gasteiger charge is 2.28. The molecule has 0 unspecified atom stereocenters. The van der Waals surface area contributed by atoms with Gasteiger partial charge in [0, 0.05) is 17.8 Å². The molecule has 1 atom stereocenters. The number of thioether (sulfide) groups is 1. The van der Waals surface area contributed by atoms with Crippen molar-refractivity contribution < 1.29 is 14.0 Å². The Morgan fingerprint density at radius 2 is 1.73 bits per heavy atom. The number of carbonyl (C=O) groups is 2. The van der Waals surface area contributed by atoms with E-state index < -0.39 is 6.04 Å². The van der Waals surface area contributed by atoms with Gasteiger partial charge in [0.15, 0.2) is 0 Å². The molecule has 0 saturated carbocycles. The van der Waals surface area contributed by atoms with Crippen molar-refractivity contribution in [3.8, 4) is 0 Å². The average molecular weight is 431 g/mol. The van der Waals surface area contributed by atoms with Gasteiger partial charge in [-0.15, -0.1) is 11.8 Å². The molecule has 2 amide bonds. The van der Waals surface area contributed by atoms with Gasteiger partial charge in [0.2, 0.25) is 11.8 Å². The number of nitrogens with zero attached hydrogens (tertiary/aromatic N) is 1. The molecule has 162 valence electrons. The number of hydrogen-bond donors (Lipinski definition) is 1. The van der Waals surface area contributed by atoms with E-state index in [4.69, 9.17) is 0 Å². The topological polar surface area (TPSA) is 49.4 Å². The van der Waals surface area contributed by atoms with E-state index in [1.807, 2.05) is 52.0 Å². The van der Waals surface area contributed by atoms with Crippen LogP contribution in [0.15, 0.2) is 48.5 Å². The molecule has 0 spiro atoms. The van der Waals surface area contributed by atoms with E-state index in [0.29, 0.717) is 12.3 Å². The molecule has 0 radical (unpaired) electrons. The number of nitrogens with one attached hydrogen (secondary N) is 1. The highest BCUT2D eigenvalue weighted by molar-refractivity contribution is 7.99. The lowest BCUT2D eigenvalue weighted by Gasteiger charge is -2.31. The molecule has 30 heavy (non-hydrogen) atoms. The third-order valence-electron chi connectivity index (χ3n) is 4.67. The molecule has 2 aromatic carbocycles. The van der Waals surface area contributed by atoms with Crippen LogP contribution in [0.25, 0.3) is 0 Å². The molecule has 0 aliphatic heterocycles. The third kappa shape index (κ3) is 7.48.